The molecule has 1 aromatic heterocycles. The third kappa shape index (κ3) is 3.54. The van der Waals surface area contributed by atoms with E-state index in [2.05, 4.69) is 0 Å². The van der Waals surface area contributed by atoms with Crippen molar-refractivity contribution in [3.63, 3.8) is 0 Å². The minimum atomic E-state index is -1.05. The summed E-state index contributed by atoms with van der Waals surface area (Å²) in [5, 5.41) is 9.06. The number of aliphatic carboxylic acids is 1. The van der Waals surface area contributed by atoms with Crippen LogP contribution in [0.4, 0.5) is 0 Å². The van der Waals surface area contributed by atoms with Crippen molar-refractivity contribution in [1.29, 1.82) is 0 Å². The molecule has 1 fully saturated rings. The summed E-state index contributed by atoms with van der Waals surface area (Å²) in [6, 6.07) is 3.79. The molecule has 0 aromatic carbocycles. The van der Waals surface area contributed by atoms with Crippen molar-refractivity contribution in [1.82, 2.24) is 4.90 Å². The zero-order chi connectivity index (χ0) is 15.4. The second kappa shape index (κ2) is 6.61. The molecule has 0 bridgehead atoms. The van der Waals surface area contributed by atoms with E-state index in [1.54, 1.807) is 24.2 Å². The highest BCUT2D eigenvalue weighted by atomic mass is 16.4. The van der Waals surface area contributed by atoms with Crippen LogP contribution < -0.4 is 0 Å². The number of carboxylic acids is 1. The number of rotatable bonds is 5. The highest BCUT2D eigenvalue weighted by Crippen LogP contribution is 2.27. The minimum Gasteiger partial charge on any atom is -0.478 e. The Kier molecular flexibility index (Phi) is 4.83. The smallest absolute Gasteiger partial charge is 0.331 e. The summed E-state index contributed by atoms with van der Waals surface area (Å²) < 4.78 is 5.34. The average Bonchev–Trinajstić information content (AvgIpc) is 3.14. The lowest BCUT2D eigenvalue weighted by Gasteiger charge is -2.29. The number of furan rings is 1. The lowest BCUT2D eigenvalue weighted by atomic mass is 10.1. The standard InChI is InChI=1S/C16H21NO4/c1-11(12(2)16(19)20)15(18)17(13-6-3-4-7-13)10-14-8-5-9-21-14/h5,8-9,13H,3-4,6-7,10H2,1-2H3,(H,19,20). The molecule has 0 unspecified atom stereocenters. The van der Waals surface area contributed by atoms with E-state index in [0.717, 1.165) is 31.4 Å². The molecule has 1 saturated carbocycles. The monoisotopic (exact) mass is 291 g/mol. The molecule has 0 saturated heterocycles. The Morgan fingerprint density at radius 2 is 1.95 bits per heavy atom. The first-order chi connectivity index (χ1) is 10.0. The number of carbonyl (C=O) groups is 2. The van der Waals surface area contributed by atoms with Crippen LogP contribution in [0.5, 0.6) is 0 Å². The molecule has 1 aliphatic rings. The second-order valence-corrected chi connectivity index (χ2v) is 5.51. The summed E-state index contributed by atoms with van der Waals surface area (Å²) in [7, 11) is 0. The number of hydrogen-bond donors (Lipinski definition) is 1. The molecule has 1 N–H and O–H groups in total. The Balaban J connectivity index is 2.24. The topological polar surface area (TPSA) is 70.8 Å². The number of carboxylic acid groups (broad SMARTS) is 1. The van der Waals surface area contributed by atoms with Crippen molar-refractivity contribution < 1.29 is 19.1 Å². The van der Waals surface area contributed by atoms with Gasteiger partial charge in [-0.3, -0.25) is 4.79 Å². The second-order valence-electron chi connectivity index (χ2n) is 5.51. The highest BCUT2D eigenvalue weighted by molar-refractivity contribution is 6.01. The summed E-state index contributed by atoms with van der Waals surface area (Å²) in [6.07, 6.45) is 5.72. The van der Waals surface area contributed by atoms with Crippen molar-refractivity contribution in [2.24, 2.45) is 0 Å². The molecule has 1 amide bonds. The van der Waals surface area contributed by atoms with Gasteiger partial charge in [-0.15, -0.1) is 0 Å². The van der Waals surface area contributed by atoms with Crippen LogP contribution in [-0.2, 0) is 16.1 Å². The van der Waals surface area contributed by atoms with Gasteiger partial charge in [0, 0.05) is 17.2 Å². The van der Waals surface area contributed by atoms with Crippen molar-refractivity contribution in [3.05, 3.63) is 35.3 Å². The summed E-state index contributed by atoms with van der Waals surface area (Å²) in [5.74, 6) is -0.542. The molecule has 5 heteroatoms. The van der Waals surface area contributed by atoms with Gasteiger partial charge >= 0.3 is 5.97 Å². The molecule has 1 aromatic rings. The van der Waals surface area contributed by atoms with Gasteiger partial charge in [-0.2, -0.15) is 0 Å². The van der Waals surface area contributed by atoms with Gasteiger partial charge in [0.25, 0.3) is 5.91 Å². The fourth-order valence-corrected chi connectivity index (χ4v) is 2.69. The van der Waals surface area contributed by atoms with Crippen LogP contribution in [0.2, 0.25) is 0 Å². The maximum absolute atomic E-state index is 12.7. The molecule has 5 nitrogen and oxygen atoms in total. The van der Waals surface area contributed by atoms with Crippen molar-refractivity contribution in [2.75, 3.05) is 0 Å². The quantitative estimate of drug-likeness (QED) is 0.847. The van der Waals surface area contributed by atoms with E-state index >= 15 is 0 Å². The Hall–Kier alpha value is -2.04. The Morgan fingerprint density at radius 3 is 2.48 bits per heavy atom. The third-order valence-corrected chi connectivity index (χ3v) is 4.14. The number of amides is 1. The molecule has 0 aliphatic heterocycles. The van der Waals surface area contributed by atoms with Gasteiger partial charge in [-0.1, -0.05) is 12.8 Å². The normalized spacial score (nSPS) is 16.7. The van der Waals surface area contributed by atoms with Crippen molar-refractivity contribution >= 4 is 11.9 Å². The molecular weight excluding hydrogens is 270 g/mol. The van der Waals surface area contributed by atoms with Gasteiger partial charge in [-0.05, 0) is 38.8 Å². The van der Waals surface area contributed by atoms with Crippen LogP contribution in [0.25, 0.3) is 0 Å². The van der Waals surface area contributed by atoms with Crippen LogP contribution in [0.15, 0.2) is 34.0 Å². The van der Waals surface area contributed by atoms with Crippen LogP contribution >= 0.6 is 0 Å². The Morgan fingerprint density at radius 1 is 1.29 bits per heavy atom. The maximum Gasteiger partial charge on any atom is 0.331 e. The summed E-state index contributed by atoms with van der Waals surface area (Å²) >= 11 is 0. The molecule has 0 spiro atoms. The fraction of sp³-hybridized carbons (Fsp3) is 0.500. The van der Waals surface area contributed by atoms with E-state index in [-0.39, 0.29) is 17.5 Å². The van der Waals surface area contributed by atoms with Crippen molar-refractivity contribution in [3.8, 4) is 0 Å². The van der Waals surface area contributed by atoms with Gasteiger partial charge in [-0.25, -0.2) is 4.79 Å². The molecule has 1 aliphatic carbocycles. The maximum atomic E-state index is 12.7. The molecule has 114 valence electrons. The SMILES string of the molecule is CC(C(=O)O)=C(C)C(=O)N(Cc1ccco1)C1CCCC1. The number of nitrogens with zero attached hydrogens (tertiary/aromatic N) is 1. The van der Waals surface area contributed by atoms with E-state index in [1.165, 1.54) is 6.92 Å². The average molecular weight is 291 g/mol. The molecule has 21 heavy (non-hydrogen) atoms. The predicted molar refractivity (Wildman–Crippen MR) is 77.5 cm³/mol. The summed E-state index contributed by atoms with van der Waals surface area (Å²) in [5.41, 5.74) is 0.392. The minimum absolute atomic E-state index is 0.0995. The summed E-state index contributed by atoms with van der Waals surface area (Å²) in [6.45, 7) is 3.44. The van der Waals surface area contributed by atoms with E-state index in [0.29, 0.717) is 12.1 Å². The zero-order valence-corrected chi connectivity index (χ0v) is 12.5. The molecule has 1 heterocycles. The van der Waals surface area contributed by atoms with Gasteiger partial charge in [0.15, 0.2) is 0 Å². The third-order valence-electron chi connectivity index (χ3n) is 4.14. The predicted octanol–water partition coefficient (Wildman–Crippen LogP) is 2.97. The largest absolute Gasteiger partial charge is 0.478 e. The first-order valence-electron chi connectivity index (χ1n) is 7.25. The Bertz CT molecular complexity index is 539. The lowest BCUT2D eigenvalue weighted by molar-refractivity contribution is -0.134. The lowest BCUT2D eigenvalue weighted by Crippen LogP contribution is -2.39. The molecule has 2 rings (SSSR count). The van der Waals surface area contributed by atoms with E-state index < -0.39 is 5.97 Å². The van der Waals surface area contributed by atoms with Crippen molar-refractivity contribution in [2.45, 2.75) is 52.1 Å². The number of carbonyl (C=O) groups excluding carboxylic acids is 1. The van der Waals surface area contributed by atoms with Gasteiger partial charge in [0.05, 0.1) is 12.8 Å². The number of hydrogen-bond acceptors (Lipinski definition) is 3. The van der Waals surface area contributed by atoms with Crippen LogP contribution in [0, 0.1) is 0 Å². The molecule has 0 radical (unpaired) electrons. The molecule has 0 atom stereocenters. The Labute approximate surface area is 124 Å². The molecular formula is C16H21NO4. The summed E-state index contributed by atoms with van der Waals surface area (Å²) in [4.78, 5) is 25.5. The van der Waals surface area contributed by atoms with Crippen LogP contribution in [0.3, 0.4) is 0 Å². The highest BCUT2D eigenvalue weighted by Gasteiger charge is 2.29. The van der Waals surface area contributed by atoms with E-state index in [9.17, 15) is 9.59 Å². The van der Waals surface area contributed by atoms with Crippen LogP contribution in [0.1, 0.15) is 45.3 Å². The van der Waals surface area contributed by atoms with E-state index in [1.807, 2.05) is 6.07 Å². The zero-order valence-electron chi connectivity index (χ0n) is 12.5. The van der Waals surface area contributed by atoms with E-state index in [4.69, 9.17) is 9.52 Å². The van der Waals surface area contributed by atoms with Gasteiger partial charge in [0.2, 0.25) is 0 Å². The van der Waals surface area contributed by atoms with Gasteiger partial charge in [0.1, 0.15) is 5.76 Å². The van der Waals surface area contributed by atoms with Gasteiger partial charge < -0.3 is 14.4 Å². The van der Waals surface area contributed by atoms with Crippen LogP contribution in [-0.4, -0.2) is 27.9 Å². The first kappa shape index (κ1) is 15.4. The fourth-order valence-electron chi connectivity index (χ4n) is 2.69. The first-order valence-corrected chi connectivity index (χ1v) is 7.25.